The first-order valence-electron chi connectivity index (χ1n) is 8.23. The van der Waals surface area contributed by atoms with Crippen LogP contribution in [0.4, 0.5) is 5.69 Å². The molecule has 7 nitrogen and oxygen atoms in total. The maximum Gasteiger partial charge on any atom is 0.251 e. The standard InChI is InChI=1S/C17H23N3O4/c1-23-14-4-2-13(3-5-14)20-16(21)12-15(17(20)22)18-6-7-19-8-10-24-11-9-19/h2-5,15,18H,6-12H2,1H3/t15-/m0/s1. The second kappa shape index (κ2) is 7.74. The van der Waals surface area contributed by atoms with Crippen LogP contribution in [-0.2, 0) is 14.3 Å². The molecule has 2 saturated heterocycles. The van der Waals surface area contributed by atoms with Crippen LogP contribution in [0.2, 0.25) is 0 Å². The molecule has 0 aromatic heterocycles. The Morgan fingerprint density at radius 1 is 1.21 bits per heavy atom. The van der Waals surface area contributed by atoms with Crippen molar-refractivity contribution in [2.75, 3.05) is 51.4 Å². The van der Waals surface area contributed by atoms with Crippen LogP contribution in [0.5, 0.6) is 5.75 Å². The number of hydrogen-bond acceptors (Lipinski definition) is 6. The van der Waals surface area contributed by atoms with E-state index in [0.29, 0.717) is 18.0 Å². The molecule has 1 N–H and O–H groups in total. The maximum absolute atomic E-state index is 12.5. The van der Waals surface area contributed by atoms with Gasteiger partial charge in [-0.15, -0.1) is 0 Å². The van der Waals surface area contributed by atoms with Crippen LogP contribution < -0.4 is 15.0 Å². The van der Waals surface area contributed by atoms with Gasteiger partial charge in [-0.1, -0.05) is 0 Å². The van der Waals surface area contributed by atoms with Gasteiger partial charge in [-0.25, -0.2) is 4.90 Å². The van der Waals surface area contributed by atoms with E-state index >= 15 is 0 Å². The van der Waals surface area contributed by atoms with Gasteiger partial charge in [-0.2, -0.15) is 0 Å². The lowest BCUT2D eigenvalue weighted by Crippen LogP contribution is -2.44. The zero-order valence-electron chi connectivity index (χ0n) is 13.9. The first-order chi connectivity index (χ1) is 11.7. The summed E-state index contributed by atoms with van der Waals surface area (Å²) in [6.45, 7) is 4.87. The summed E-state index contributed by atoms with van der Waals surface area (Å²) >= 11 is 0. The van der Waals surface area contributed by atoms with E-state index in [2.05, 4.69) is 10.2 Å². The number of carbonyl (C=O) groups excluding carboxylic acids is 2. The molecule has 0 spiro atoms. The minimum Gasteiger partial charge on any atom is -0.497 e. The second-order valence-electron chi connectivity index (χ2n) is 5.93. The second-order valence-corrected chi connectivity index (χ2v) is 5.93. The molecular formula is C17H23N3O4. The average molecular weight is 333 g/mol. The summed E-state index contributed by atoms with van der Waals surface area (Å²) in [6.07, 6.45) is 0.202. The number of benzene rings is 1. The topological polar surface area (TPSA) is 71.1 Å². The molecule has 2 aliphatic heterocycles. The molecule has 3 rings (SSSR count). The lowest BCUT2D eigenvalue weighted by molar-refractivity contribution is -0.121. The third-order valence-electron chi connectivity index (χ3n) is 4.40. The zero-order valence-corrected chi connectivity index (χ0v) is 13.9. The minimum absolute atomic E-state index is 0.172. The monoisotopic (exact) mass is 333 g/mol. The molecule has 2 amide bonds. The molecule has 2 aliphatic rings. The fraction of sp³-hybridized carbons (Fsp3) is 0.529. The fourth-order valence-corrected chi connectivity index (χ4v) is 3.02. The number of ether oxygens (including phenoxy) is 2. The van der Waals surface area contributed by atoms with E-state index in [1.807, 2.05) is 0 Å². The van der Waals surface area contributed by atoms with Gasteiger partial charge in [0.15, 0.2) is 0 Å². The van der Waals surface area contributed by atoms with Gasteiger partial charge >= 0.3 is 0 Å². The van der Waals surface area contributed by atoms with Crippen LogP contribution in [0.15, 0.2) is 24.3 Å². The third-order valence-corrected chi connectivity index (χ3v) is 4.40. The molecule has 0 saturated carbocycles. The number of amides is 2. The predicted octanol–water partition coefficient (Wildman–Crippen LogP) is 0.249. The van der Waals surface area contributed by atoms with E-state index in [1.54, 1.807) is 31.4 Å². The first kappa shape index (κ1) is 16.9. The number of nitrogens with zero attached hydrogens (tertiary/aromatic N) is 2. The molecule has 0 bridgehead atoms. The summed E-state index contributed by atoms with van der Waals surface area (Å²) in [6, 6.07) is 6.50. The Morgan fingerprint density at radius 3 is 2.58 bits per heavy atom. The third kappa shape index (κ3) is 3.75. The van der Waals surface area contributed by atoms with Crippen molar-refractivity contribution in [3.05, 3.63) is 24.3 Å². The van der Waals surface area contributed by atoms with E-state index in [4.69, 9.17) is 9.47 Å². The number of methoxy groups -OCH3 is 1. The molecular weight excluding hydrogens is 310 g/mol. The molecule has 24 heavy (non-hydrogen) atoms. The predicted molar refractivity (Wildman–Crippen MR) is 89.2 cm³/mol. The molecule has 1 atom stereocenters. The van der Waals surface area contributed by atoms with Gasteiger partial charge in [0, 0.05) is 26.2 Å². The highest BCUT2D eigenvalue weighted by Gasteiger charge is 2.39. The lowest BCUT2D eigenvalue weighted by Gasteiger charge is -2.27. The average Bonchev–Trinajstić information content (AvgIpc) is 2.90. The lowest BCUT2D eigenvalue weighted by atomic mass is 10.2. The van der Waals surface area contributed by atoms with Gasteiger partial charge in [0.1, 0.15) is 5.75 Å². The number of anilines is 1. The smallest absolute Gasteiger partial charge is 0.251 e. The number of morpholine rings is 1. The Kier molecular flexibility index (Phi) is 5.44. The Hall–Kier alpha value is -1.96. The van der Waals surface area contributed by atoms with Crippen molar-refractivity contribution in [3.8, 4) is 5.75 Å². The summed E-state index contributed by atoms with van der Waals surface area (Å²) in [5.74, 6) is 0.333. The molecule has 7 heteroatoms. The van der Waals surface area contributed by atoms with Gasteiger partial charge in [0.05, 0.1) is 38.5 Å². The van der Waals surface area contributed by atoms with Crippen molar-refractivity contribution in [3.63, 3.8) is 0 Å². The highest BCUT2D eigenvalue weighted by atomic mass is 16.5. The van der Waals surface area contributed by atoms with Crippen molar-refractivity contribution in [2.24, 2.45) is 0 Å². The van der Waals surface area contributed by atoms with Crippen LogP contribution >= 0.6 is 0 Å². The number of rotatable bonds is 6. The Morgan fingerprint density at radius 2 is 1.92 bits per heavy atom. The van der Waals surface area contributed by atoms with Gasteiger partial charge in [0.25, 0.3) is 5.91 Å². The van der Waals surface area contributed by atoms with Crippen molar-refractivity contribution < 1.29 is 19.1 Å². The molecule has 0 radical (unpaired) electrons. The number of imide groups is 1. The maximum atomic E-state index is 12.5. The zero-order chi connectivity index (χ0) is 16.9. The molecule has 1 aromatic rings. The van der Waals surface area contributed by atoms with Crippen molar-refractivity contribution >= 4 is 17.5 Å². The number of carbonyl (C=O) groups is 2. The van der Waals surface area contributed by atoms with E-state index in [0.717, 1.165) is 32.8 Å². The quantitative estimate of drug-likeness (QED) is 0.753. The highest BCUT2D eigenvalue weighted by Crippen LogP contribution is 2.25. The normalized spacial score (nSPS) is 22.2. The summed E-state index contributed by atoms with van der Waals surface area (Å²) in [4.78, 5) is 28.3. The van der Waals surface area contributed by atoms with E-state index in [9.17, 15) is 9.59 Å². The Labute approximate surface area is 141 Å². The summed E-state index contributed by atoms with van der Waals surface area (Å²) in [7, 11) is 1.58. The fourth-order valence-electron chi connectivity index (χ4n) is 3.02. The summed E-state index contributed by atoms with van der Waals surface area (Å²) in [5, 5.41) is 3.21. The molecule has 2 fully saturated rings. The Balaban J connectivity index is 1.54. The van der Waals surface area contributed by atoms with Crippen LogP contribution in [0.25, 0.3) is 0 Å². The molecule has 0 unspecified atom stereocenters. The molecule has 0 aliphatic carbocycles. The van der Waals surface area contributed by atoms with Crippen molar-refractivity contribution in [1.82, 2.24) is 10.2 Å². The van der Waals surface area contributed by atoms with Crippen LogP contribution in [0.1, 0.15) is 6.42 Å². The van der Waals surface area contributed by atoms with Crippen LogP contribution in [0.3, 0.4) is 0 Å². The van der Waals surface area contributed by atoms with Crippen molar-refractivity contribution in [1.29, 1.82) is 0 Å². The van der Waals surface area contributed by atoms with Gasteiger partial charge in [-0.3, -0.25) is 14.5 Å². The number of hydrogen-bond donors (Lipinski definition) is 1. The summed E-state index contributed by atoms with van der Waals surface area (Å²) in [5.41, 5.74) is 0.586. The van der Waals surface area contributed by atoms with Crippen LogP contribution in [-0.4, -0.2) is 69.3 Å². The van der Waals surface area contributed by atoms with Crippen LogP contribution in [0, 0.1) is 0 Å². The molecule has 130 valence electrons. The van der Waals surface area contributed by atoms with E-state index < -0.39 is 6.04 Å². The van der Waals surface area contributed by atoms with Gasteiger partial charge in [0.2, 0.25) is 5.91 Å². The minimum atomic E-state index is -0.444. The van der Waals surface area contributed by atoms with Gasteiger partial charge in [-0.05, 0) is 24.3 Å². The molecule has 2 heterocycles. The Bertz CT molecular complexity index is 584. The largest absolute Gasteiger partial charge is 0.497 e. The first-order valence-corrected chi connectivity index (χ1v) is 8.23. The highest BCUT2D eigenvalue weighted by molar-refractivity contribution is 6.22. The van der Waals surface area contributed by atoms with E-state index in [1.165, 1.54) is 4.90 Å². The number of nitrogens with one attached hydrogen (secondary N) is 1. The van der Waals surface area contributed by atoms with E-state index in [-0.39, 0.29) is 18.2 Å². The molecule has 1 aromatic carbocycles. The SMILES string of the molecule is COc1ccc(N2C(=O)C[C@H](NCCN3CCOCC3)C2=O)cc1. The summed E-state index contributed by atoms with van der Waals surface area (Å²) < 4.78 is 10.4. The van der Waals surface area contributed by atoms with Crippen molar-refractivity contribution in [2.45, 2.75) is 12.5 Å². The van der Waals surface area contributed by atoms with Gasteiger partial charge < -0.3 is 14.8 Å².